The molecule has 1 N–H and O–H groups in total. The average Bonchev–Trinajstić information content (AvgIpc) is 3.22. The summed E-state index contributed by atoms with van der Waals surface area (Å²) in [6, 6.07) is 18.9. The maximum absolute atomic E-state index is 12.4. The quantitative estimate of drug-likeness (QED) is 0.373. The van der Waals surface area contributed by atoms with Crippen molar-refractivity contribution in [3.63, 3.8) is 0 Å². The number of methoxy groups -OCH3 is 1. The maximum atomic E-state index is 12.4. The fraction of sp³-hybridized carbons (Fsp3) is 0.192. The molecule has 0 aromatic heterocycles. The molecule has 1 amide bonds. The molecule has 1 aliphatic rings. The van der Waals surface area contributed by atoms with E-state index in [4.69, 9.17) is 0 Å². The van der Waals surface area contributed by atoms with Crippen LogP contribution in [0.2, 0.25) is 0 Å². The number of benzene rings is 3. The zero-order valence-corrected chi connectivity index (χ0v) is 18.4. The van der Waals surface area contributed by atoms with Gasteiger partial charge in [0.2, 0.25) is 0 Å². The first-order chi connectivity index (χ1) is 15.4. The molecule has 0 aliphatic carbocycles. The summed E-state index contributed by atoms with van der Waals surface area (Å²) in [4.78, 5) is 26.2. The number of aryl methyl sites for hydroxylation is 2. The zero-order chi connectivity index (χ0) is 22.7. The number of nitrogens with one attached hydrogen (secondary N) is 1. The van der Waals surface area contributed by atoms with Crippen molar-refractivity contribution in [2.75, 3.05) is 12.0 Å². The minimum absolute atomic E-state index is 0.282. The maximum Gasteiger partial charge on any atom is 0.337 e. The average molecular weight is 428 g/mol. The molecule has 3 aromatic carbocycles. The number of amides is 1. The van der Waals surface area contributed by atoms with Gasteiger partial charge in [0.05, 0.1) is 18.9 Å². The summed E-state index contributed by atoms with van der Waals surface area (Å²) < 4.78 is 4.67. The van der Waals surface area contributed by atoms with E-state index in [9.17, 15) is 9.59 Å². The summed E-state index contributed by atoms with van der Waals surface area (Å²) in [5, 5.41) is 4.00. The van der Waals surface area contributed by atoms with Gasteiger partial charge in [-0.25, -0.2) is 10.2 Å². The molecule has 6 heteroatoms. The standard InChI is InChI=1S/C26H25N3O3/c1-17-12-22-15-29(16-23(22)13-18(17)2)24-10-8-20(9-11-24)25(30)28-27-14-19-4-6-21(7-5-19)26(31)32-3/h4-14H,15-16H2,1-3H3,(H,28,30)/b27-14-. The first kappa shape index (κ1) is 21.3. The van der Waals surface area contributed by atoms with Gasteiger partial charge in [0.15, 0.2) is 0 Å². The normalized spacial score (nSPS) is 12.7. The van der Waals surface area contributed by atoms with E-state index >= 15 is 0 Å². The highest BCUT2D eigenvalue weighted by Crippen LogP contribution is 2.30. The predicted octanol–water partition coefficient (Wildman–Crippen LogP) is 4.37. The highest BCUT2D eigenvalue weighted by molar-refractivity contribution is 5.95. The number of esters is 1. The molecule has 3 aromatic rings. The van der Waals surface area contributed by atoms with Crippen molar-refractivity contribution in [3.05, 3.63) is 99.6 Å². The number of carbonyl (C=O) groups is 2. The highest BCUT2D eigenvalue weighted by Gasteiger charge is 2.20. The molecule has 0 fully saturated rings. The number of fused-ring (bicyclic) bond motifs is 1. The summed E-state index contributed by atoms with van der Waals surface area (Å²) in [5.74, 6) is -0.678. The number of nitrogens with zero attached hydrogens (tertiary/aromatic N) is 2. The third-order valence-electron chi connectivity index (χ3n) is 5.74. The van der Waals surface area contributed by atoms with Crippen molar-refractivity contribution in [2.24, 2.45) is 5.10 Å². The van der Waals surface area contributed by atoms with Crippen LogP contribution < -0.4 is 10.3 Å². The molecule has 0 spiro atoms. The minimum atomic E-state index is -0.395. The van der Waals surface area contributed by atoms with Crippen LogP contribution in [-0.4, -0.2) is 25.2 Å². The number of carbonyl (C=O) groups excluding carboxylic acids is 2. The first-order valence-electron chi connectivity index (χ1n) is 10.4. The molecular weight excluding hydrogens is 402 g/mol. The van der Waals surface area contributed by atoms with Crippen LogP contribution >= 0.6 is 0 Å². The molecule has 1 heterocycles. The van der Waals surface area contributed by atoms with Crippen LogP contribution in [0.15, 0.2) is 65.8 Å². The Morgan fingerprint density at radius 2 is 1.47 bits per heavy atom. The van der Waals surface area contributed by atoms with Gasteiger partial charge in [-0.3, -0.25) is 4.79 Å². The van der Waals surface area contributed by atoms with E-state index in [-0.39, 0.29) is 5.91 Å². The SMILES string of the molecule is COC(=O)c1ccc(/C=N\NC(=O)c2ccc(N3Cc4cc(C)c(C)cc4C3)cc2)cc1. The van der Waals surface area contributed by atoms with Gasteiger partial charge in [-0.1, -0.05) is 24.3 Å². The van der Waals surface area contributed by atoms with Gasteiger partial charge in [-0.15, -0.1) is 0 Å². The third-order valence-corrected chi connectivity index (χ3v) is 5.74. The van der Waals surface area contributed by atoms with Crippen LogP contribution in [0, 0.1) is 13.8 Å². The Balaban J connectivity index is 1.35. The second kappa shape index (κ2) is 9.06. The van der Waals surface area contributed by atoms with Gasteiger partial charge >= 0.3 is 5.97 Å². The molecule has 0 atom stereocenters. The van der Waals surface area contributed by atoms with Crippen molar-refractivity contribution in [3.8, 4) is 0 Å². The number of ether oxygens (including phenoxy) is 1. The lowest BCUT2D eigenvalue weighted by atomic mass is 10.0. The van der Waals surface area contributed by atoms with Gasteiger partial charge < -0.3 is 9.64 Å². The van der Waals surface area contributed by atoms with Crippen molar-refractivity contribution in [1.82, 2.24) is 5.43 Å². The number of hydrogen-bond acceptors (Lipinski definition) is 5. The van der Waals surface area contributed by atoms with E-state index in [0.717, 1.165) is 24.3 Å². The van der Waals surface area contributed by atoms with Crippen molar-refractivity contribution in [1.29, 1.82) is 0 Å². The van der Waals surface area contributed by atoms with Crippen molar-refractivity contribution >= 4 is 23.8 Å². The minimum Gasteiger partial charge on any atom is -0.465 e. The lowest BCUT2D eigenvalue weighted by Gasteiger charge is -2.17. The molecular formula is C26H25N3O3. The number of hydrazone groups is 1. The largest absolute Gasteiger partial charge is 0.465 e. The summed E-state index contributed by atoms with van der Waals surface area (Å²) in [6.07, 6.45) is 1.53. The summed E-state index contributed by atoms with van der Waals surface area (Å²) >= 11 is 0. The van der Waals surface area contributed by atoms with Crippen LogP contribution in [0.4, 0.5) is 5.69 Å². The lowest BCUT2D eigenvalue weighted by Crippen LogP contribution is -2.18. The number of anilines is 1. The topological polar surface area (TPSA) is 71.0 Å². The Bertz CT molecular complexity index is 1150. The smallest absolute Gasteiger partial charge is 0.337 e. The van der Waals surface area contributed by atoms with E-state index in [0.29, 0.717) is 11.1 Å². The molecule has 0 saturated carbocycles. The Morgan fingerprint density at radius 1 is 0.906 bits per heavy atom. The second-order valence-electron chi connectivity index (χ2n) is 7.92. The van der Waals surface area contributed by atoms with Gasteiger partial charge in [0.1, 0.15) is 0 Å². The Kier molecular flexibility index (Phi) is 6.03. The second-order valence-corrected chi connectivity index (χ2v) is 7.92. The first-order valence-corrected chi connectivity index (χ1v) is 10.4. The molecule has 0 radical (unpaired) electrons. The molecule has 0 saturated heterocycles. The summed E-state index contributed by atoms with van der Waals surface area (Å²) in [6.45, 7) is 6.04. The summed E-state index contributed by atoms with van der Waals surface area (Å²) in [5.41, 5.74) is 10.7. The monoisotopic (exact) mass is 427 g/mol. The Hall–Kier alpha value is -3.93. The fourth-order valence-electron chi connectivity index (χ4n) is 3.76. The lowest BCUT2D eigenvalue weighted by molar-refractivity contribution is 0.0600. The van der Waals surface area contributed by atoms with Crippen LogP contribution in [0.3, 0.4) is 0 Å². The third kappa shape index (κ3) is 4.54. The fourth-order valence-corrected chi connectivity index (χ4v) is 3.76. The zero-order valence-electron chi connectivity index (χ0n) is 18.4. The van der Waals surface area contributed by atoms with E-state index < -0.39 is 5.97 Å². The number of hydrogen-bond donors (Lipinski definition) is 1. The predicted molar refractivity (Wildman–Crippen MR) is 125 cm³/mol. The molecule has 4 rings (SSSR count). The van der Waals surface area contributed by atoms with Crippen molar-refractivity contribution in [2.45, 2.75) is 26.9 Å². The summed E-state index contributed by atoms with van der Waals surface area (Å²) in [7, 11) is 1.34. The van der Waals surface area contributed by atoms with Crippen molar-refractivity contribution < 1.29 is 14.3 Å². The molecule has 32 heavy (non-hydrogen) atoms. The van der Waals surface area contributed by atoms with Gasteiger partial charge in [-0.2, -0.15) is 5.10 Å². The van der Waals surface area contributed by atoms with E-state index in [1.807, 2.05) is 24.3 Å². The van der Waals surface area contributed by atoms with Crippen LogP contribution in [0.1, 0.15) is 48.5 Å². The van der Waals surface area contributed by atoms with E-state index in [1.165, 1.54) is 35.6 Å². The highest BCUT2D eigenvalue weighted by atomic mass is 16.5. The molecule has 162 valence electrons. The van der Waals surface area contributed by atoms with Gasteiger partial charge in [0.25, 0.3) is 5.91 Å². The van der Waals surface area contributed by atoms with Crippen LogP contribution in [-0.2, 0) is 17.8 Å². The Labute approximate surface area is 187 Å². The molecule has 0 bridgehead atoms. The number of rotatable bonds is 5. The van der Waals surface area contributed by atoms with Crippen LogP contribution in [0.25, 0.3) is 0 Å². The van der Waals surface area contributed by atoms with Gasteiger partial charge in [-0.05, 0) is 78.1 Å². The Morgan fingerprint density at radius 3 is 2.03 bits per heavy atom. The molecule has 1 aliphatic heterocycles. The van der Waals surface area contributed by atoms with E-state index in [2.05, 4.69) is 46.1 Å². The molecule has 0 unspecified atom stereocenters. The van der Waals surface area contributed by atoms with Gasteiger partial charge in [0, 0.05) is 24.3 Å². The van der Waals surface area contributed by atoms with E-state index in [1.54, 1.807) is 24.3 Å². The molecule has 6 nitrogen and oxygen atoms in total. The van der Waals surface area contributed by atoms with Crippen LogP contribution in [0.5, 0.6) is 0 Å².